The van der Waals surface area contributed by atoms with E-state index in [0.29, 0.717) is 5.69 Å². The maximum Gasteiger partial charge on any atom is 0.417 e. The van der Waals surface area contributed by atoms with Crippen LogP contribution in [0.15, 0.2) is 24.3 Å². The Labute approximate surface area is 104 Å². The van der Waals surface area contributed by atoms with Gasteiger partial charge in [0.2, 0.25) is 5.78 Å². The second-order valence-corrected chi connectivity index (χ2v) is 4.31. The summed E-state index contributed by atoms with van der Waals surface area (Å²) in [5.74, 6) is -0.699. The predicted octanol–water partition coefficient (Wildman–Crippen LogP) is 3.10. The summed E-state index contributed by atoms with van der Waals surface area (Å²) in [7, 11) is 0. The number of aryl methyl sites for hydroxylation is 1. The highest BCUT2D eigenvalue weighted by Gasteiger charge is 2.35. The van der Waals surface area contributed by atoms with Crippen LogP contribution < -0.4 is 0 Å². The second kappa shape index (κ2) is 4.49. The van der Waals surface area contributed by atoms with E-state index in [1.165, 1.54) is 19.1 Å². The van der Waals surface area contributed by atoms with Crippen molar-refractivity contribution < 1.29 is 18.0 Å². The summed E-state index contributed by atoms with van der Waals surface area (Å²) in [6, 6.07) is 4.69. The predicted molar refractivity (Wildman–Crippen MR) is 59.5 cm³/mol. The van der Waals surface area contributed by atoms with Crippen LogP contribution in [-0.4, -0.2) is 15.4 Å². The second-order valence-electron chi connectivity index (χ2n) is 3.56. The summed E-state index contributed by atoms with van der Waals surface area (Å²) in [5, 5.41) is 3.62. The highest BCUT2D eigenvalue weighted by atomic mass is 32.1. The Balaban J connectivity index is 2.53. The number of carbonyl (C=O) groups is 1. The minimum Gasteiger partial charge on any atom is -0.288 e. The molecule has 0 bridgehead atoms. The summed E-state index contributed by atoms with van der Waals surface area (Å²) in [6.45, 7) is 1.53. The van der Waals surface area contributed by atoms with Crippen molar-refractivity contribution in [3.8, 4) is 0 Å². The molecule has 0 saturated heterocycles. The molecule has 0 N–H and O–H groups in total. The van der Waals surface area contributed by atoms with Crippen molar-refractivity contribution in [2.75, 3.05) is 0 Å². The van der Waals surface area contributed by atoms with Gasteiger partial charge in [0.05, 0.1) is 11.3 Å². The van der Waals surface area contributed by atoms with Gasteiger partial charge in [-0.1, -0.05) is 22.7 Å². The van der Waals surface area contributed by atoms with E-state index in [0.717, 1.165) is 23.7 Å². The third-order valence-corrected chi connectivity index (χ3v) is 3.16. The monoisotopic (exact) mass is 272 g/mol. The molecule has 0 spiro atoms. The number of aromatic nitrogens is 2. The summed E-state index contributed by atoms with van der Waals surface area (Å²) in [5.41, 5.74) is -0.982. The molecule has 0 saturated carbocycles. The van der Waals surface area contributed by atoms with Gasteiger partial charge in [-0.2, -0.15) is 13.2 Å². The van der Waals surface area contributed by atoms with Crippen LogP contribution in [-0.2, 0) is 6.18 Å². The number of ketones is 1. The van der Waals surface area contributed by atoms with Gasteiger partial charge < -0.3 is 0 Å². The summed E-state index contributed by atoms with van der Waals surface area (Å²) in [6.07, 6.45) is -4.56. The largest absolute Gasteiger partial charge is 0.417 e. The van der Waals surface area contributed by atoms with Gasteiger partial charge in [-0.3, -0.25) is 4.79 Å². The zero-order chi connectivity index (χ0) is 13.3. The van der Waals surface area contributed by atoms with Gasteiger partial charge in [0.1, 0.15) is 4.88 Å². The molecule has 2 rings (SSSR count). The van der Waals surface area contributed by atoms with Gasteiger partial charge in [-0.05, 0) is 24.5 Å². The van der Waals surface area contributed by atoms with Crippen LogP contribution in [0.4, 0.5) is 13.2 Å². The molecule has 0 amide bonds. The lowest BCUT2D eigenvalue weighted by atomic mass is 10.0. The van der Waals surface area contributed by atoms with Gasteiger partial charge in [0.15, 0.2) is 0 Å². The van der Waals surface area contributed by atoms with Crippen LogP contribution in [0.25, 0.3) is 0 Å². The molecule has 94 valence electrons. The molecule has 0 aliphatic heterocycles. The lowest BCUT2D eigenvalue weighted by Gasteiger charge is -2.10. The molecule has 2 aromatic rings. The maximum atomic E-state index is 12.8. The van der Waals surface area contributed by atoms with E-state index in [4.69, 9.17) is 0 Å². The van der Waals surface area contributed by atoms with E-state index in [1.54, 1.807) is 0 Å². The molecular formula is C11H7F3N2OS. The third kappa shape index (κ3) is 2.26. The van der Waals surface area contributed by atoms with Crippen molar-refractivity contribution in [3.63, 3.8) is 0 Å². The number of hydrogen-bond acceptors (Lipinski definition) is 4. The summed E-state index contributed by atoms with van der Waals surface area (Å²) < 4.78 is 41.9. The molecule has 1 aromatic carbocycles. The standard InChI is InChI=1S/C11H7F3N2OS/c1-6-10(18-16-15-6)9(17)7-4-2-3-5-8(7)11(12,13)14/h2-5H,1H3. The fourth-order valence-electron chi connectivity index (χ4n) is 1.49. The van der Waals surface area contributed by atoms with Gasteiger partial charge in [-0.25, -0.2) is 0 Å². The lowest BCUT2D eigenvalue weighted by Crippen LogP contribution is -2.13. The first-order chi connectivity index (χ1) is 8.41. The Kier molecular flexibility index (Phi) is 3.16. The zero-order valence-electron chi connectivity index (χ0n) is 9.15. The Morgan fingerprint density at radius 1 is 1.28 bits per heavy atom. The van der Waals surface area contributed by atoms with Crippen LogP contribution in [0.1, 0.15) is 26.5 Å². The van der Waals surface area contributed by atoms with Gasteiger partial charge in [0, 0.05) is 5.56 Å². The SMILES string of the molecule is Cc1nnsc1C(=O)c1ccccc1C(F)(F)F. The quantitative estimate of drug-likeness (QED) is 0.789. The molecule has 7 heteroatoms. The molecule has 1 aromatic heterocycles. The molecule has 0 radical (unpaired) electrons. The summed E-state index contributed by atoms with van der Waals surface area (Å²) >= 11 is 0.794. The number of halogens is 3. The Bertz CT molecular complexity index is 592. The number of alkyl halides is 3. The highest BCUT2D eigenvalue weighted by molar-refractivity contribution is 7.08. The van der Waals surface area contributed by atoms with Gasteiger partial charge >= 0.3 is 6.18 Å². The van der Waals surface area contributed by atoms with E-state index >= 15 is 0 Å². The molecule has 0 unspecified atom stereocenters. The van der Waals surface area contributed by atoms with Crippen molar-refractivity contribution in [2.45, 2.75) is 13.1 Å². The van der Waals surface area contributed by atoms with Crippen molar-refractivity contribution >= 4 is 17.3 Å². The Morgan fingerprint density at radius 2 is 1.94 bits per heavy atom. The molecule has 3 nitrogen and oxygen atoms in total. The maximum absolute atomic E-state index is 12.8. The van der Waals surface area contributed by atoms with Crippen molar-refractivity contribution in [3.05, 3.63) is 46.0 Å². The van der Waals surface area contributed by atoms with Gasteiger partial charge in [0.25, 0.3) is 0 Å². The molecule has 0 aliphatic carbocycles. The topological polar surface area (TPSA) is 42.9 Å². The minimum atomic E-state index is -4.56. The van der Waals surface area contributed by atoms with E-state index in [2.05, 4.69) is 9.59 Å². The summed E-state index contributed by atoms with van der Waals surface area (Å²) in [4.78, 5) is 12.2. The Morgan fingerprint density at radius 3 is 2.50 bits per heavy atom. The highest BCUT2D eigenvalue weighted by Crippen LogP contribution is 2.33. The number of hydrogen-bond donors (Lipinski definition) is 0. The number of carbonyl (C=O) groups excluding carboxylic acids is 1. The van der Waals surface area contributed by atoms with Crippen molar-refractivity contribution in [1.29, 1.82) is 0 Å². The van der Waals surface area contributed by atoms with Crippen LogP contribution in [0.5, 0.6) is 0 Å². The van der Waals surface area contributed by atoms with Crippen molar-refractivity contribution in [2.24, 2.45) is 0 Å². The average molecular weight is 272 g/mol. The van der Waals surface area contributed by atoms with E-state index in [1.807, 2.05) is 0 Å². The first-order valence-corrected chi connectivity index (χ1v) is 5.68. The normalized spacial score (nSPS) is 11.6. The molecular weight excluding hydrogens is 265 g/mol. The fraction of sp³-hybridized carbons (Fsp3) is 0.182. The minimum absolute atomic E-state index is 0.131. The van der Waals surface area contributed by atoms with Crippen LogP contribution in [0.3, 0.4) is 0 Å². The van der Waals surface area contributed by atoms with Gasteiger partial charge in [-0.15, -0.1) is 5.10 Å². The lowest BCUT2D eigenvalue weighted by molar-refractivity contribution is -0.137. The average Bonchev–Trinajstić information content (AvgIpc) is 2.73. The van der Waals surface area contributed by atoms with Crippen LogP contribution in [0, 0.1) is 6.92 Å². The number of rotatable bonds is 2. The molecule has 0 atom stereocenters. The fourth-order valence-corrected chi connectivity index (χ4v) is 2.10. The molecule has 1 heterocycles. The molecule has 0 fully saturated rings. The zero-order valence-corrected chi connectivity index (χ0v) is 9.97. The Hall–Kier alpha value is -1.76. The van der Waals surface area contributed by atoms with E-state index in [9.17, 15) is 18.0 Å². The molecule has 18 heavy (non-hydrogen) atoms. The van der Waals surface area contributed by atoms with Crippen molar-refractivity contribution in [1.82, 2.24) is 9.59 Å². The first kappa shape index (κ1) is 12.7. The third-order valence-electron chi connectivity index (χ3n) is 2.33. The van der Waals surface area contributed by atoms with Crippen LogP contribution in [0.2, 0.25) is 0 Å². The molecule has 0 aliphatic rings. The smallest absolute Gasteiger partial charge is 0.288 e. The number of nitrogens with zero attached hydrogens (tertiary/aromatic N) is 2. The van der Waals surface area contributed by atoms with Crippen LogP contribution >= 0.6 is 11.5 Å². The van der Waals surface area contributed by atoms with E-state index < -0.39 is 17.5 Å². The number of benzene rings is 1. The van der Waals surface area contributed by atoms with E-state index in [-0.39, 0.29) is 10.4 Å². The first-order valence-electron chi connectivity index (χ1n) is 4.91.